The van der Waals surface area contributed by atoms with E-state index in [-0.39, 0.29) is 11.9 Å². The molecule has 0 rings (SSSR count). The highest BCUT2D eigenvalue weighted by Crippen LogP contribution is 2.03. The first-order valence-corrected chi connectivity index (χ1v) is 10.9. The van der Waals surface area contributed by atoms with E-state index in [1.54, 1.807) is 13.8 Å². The normalized spacial score (nSPS) is 9.39. The number of carbonyl (C=O) groups is 4. The second kappa shape index (κ2) is 22.0. The Kier molecular flexibility index (Phi) is 21.4. The largest absolute Gasteiger partial charge is 0.463 e. The minimum absolute atomic E-state index is 0.342. The molecule has 0 spiro atoms. The zero-order chi connectivity index (χ0) is 25.5. The van der Waals surface area contributed by atoms with Crippen molar-refractivity contribution in [1.82, 2.24) is 0 Å². The Hall–Kier alpha value is -3.16. The van der Waals surface area contributed by atoms with E-state index in [1.165, 1.54) is 0 Å². The second-order valence-corrected chi connectivity index (χ2v) is 7.05. The number of carbonyl (C=O) groups excluding carboxylic acids is 4. The Bertz CT molecular complexity index is 607. The number of esters is 4. The van der Waals surface area contributed by atoms with Crippen LogP contribution in [0.5, 0.6) is 0 Å². The summed E-state index contributed by atoms with van der Waals surface area (Å²) in [6, 6.07) is 0. The highest BCUT2D eigenvalue weighted by Gasteiger charge is 2.03. The maximum atomic E-state index is 11.0. The molecule has 0 saturated heterocycles. The number of hydrogen-bond acceptors (Lipinski definition) is 8. The first-order chi connectivity index (χ1) is 15.6. The zero-order valence-electron chi connectivity index (χ0n) is 20.0. The third kappa shape index (κ3) is 23.3. The lowest BCUT2D eigenvalue weighted by molar-refractivity contribution is -0.140. The molecular formula is C25H38O8. The minimum atomic E-state index is -0.409. The summed E-state index contributed by atoms with van der Waals surface area (Å²) in [5.74, 6) is -1.50. The van der Waals surface area contributed by atoms with Crippen LogP contribution in [0.4, 0.5) is 0 Å². The molecule has 8 heteroatoms. The molecule has 8 nitrogen and oxygen atoms in total. The summed E-state index contributed by atoms with van der Waals surface area (Å²) in [7, 11) is 0. The van der Waals surface area contributed by atoms with Gasteiger partial charge < -0.3 is 18.9 Å². The summed E-state index contributed by atoms with van der Waals surface area (Å²) < 4.78 is 19.4. The van der Waals surface area contributed by atoms with Crippen molar-refractivity contribution in [2.75, 3.05) is 26.4 Å². The molecule has 33 heavy (non-hydrogen) atoms. The van der Waals surface area contributed by atoms with E-state index >= 15 is 0 Å². The molecule has 0 fully saturated rings. The van der Waals surface area contributed by atoms with E-state index in [0.717, 1.165) is 57.1 Å². The van der Waals surface area contributed by atoms with Crippen LogP contribution in [0.1, 0.15) is 58.8 Å². The van der Waals surface area contributed by atoms with Gasteiger partial charge in [-0.15, -0.1) is 0 Å². The number of rotatable bonds is 17. The molecule has 0 saturated carbocycles. The van der Waals surface area contributed by atoms with E-state index in [0.29, 0.717) is 37.6 Å². The van der Waals surface area contributed by atoms with E-state index in [9.17, 15) is 19.2 Å². The van der Waals surface area contributed by atoms with Crippen LogP contribution >= 0.6 is 0 Å². The van der Waals surface area contributed by atoms with Crippen molar-refractivity contribution >= 4 is 23.9 Å². The Morgan fingerprint density at radius 1 is 0.545 bits per heavy atom. The van der Waals surface area contributed by atoms with Crippen molar-refractivity contribution in [2.24, 2.45) is 0 Å². The van der Waals surface area contributed by atoms with Gasteiger partial charge in [0.1, 0.15) is 0 Å². The molecule has 0 N–H and O–H groups in total. The molecule has 0 aliphatic heterocycles. The van der Waals surface area contributed by atoms with Gasteiger partial charge in [0.15, 0.2) is 0 Å². The van der Waals surface area contributed by atoms with Crippen LogP contribution in [0, 0.1) is 0 Å². The first kappa shape index (κ1) is 32.0. The van der Waals surface area contributed by atoms with Crippen molar-refractivity contribution in [3.05, 3.63) is 49.6 Å². The van der Waals surface area contributed by atoms with E-state index in [1.807, 2.05) is 0 Å². The van der Waals surface area contributed by atoms with Crippen molar-refractivity contribution < 1.29 is 38.1 Å². The van der Waals surface area contributed by atoms with Crippen LogP contribution in [0.25, 0.3) is 0 Å². The maximum absolute atomic E-state index is 11.0. The average molecular weight is 467 g/mol. The van der Waals surface area contributed by atoms with Crippen molar-refractivity contribution in [1.29, 1.82) is 0 Å². The topological polar surface area (TPSA) is 105 Å². The third-order valence-electron chi connectivity index (χ3n) is 3.81. The number of unbranched alkanes of at least 4 members (excludes halogenated alkanes) is 5. The lowest BCUT2D eigenvalue weighted by Crippen LogP contribution is -2.07. The predicted octanol–water partition coefficient (Wildman–Crippen LogP) is 4.40. The Labute approximate surface area is 197 Å². The number of hydrogen-bond donors (Lipinski definition) is 0. The molecule has 0 bridgehead atoms. The van der Waals surface area contributed by atoms with Gasteiger partial charge in [-0.2, -0.15) is 0 Å². The van der Waals surface area contributed by atoms with Crippen molar-refractivity contribution in [3.8, 4) is 0 Å². The van der Waals surface area contributed by atoms with Crippen LogP contribution in [0.3, 0.4) is 0 Å². The predicted molar refractivity (Wildman–Crippen MR) is 126 cm³/mol. The van der Waals surface area contributed by atoms with Crippen LogP contribution in [-0.4, -0.2) is 50.3 Å². The van der Waals surface area contributed by atoms with Gasteiger partial charge in [0.25, 0.3) is 0 Å². The molecule has 0 aliphatic carbocycles. The van der Waals surface area contributed by atoms with Crippen molar-refractivity contribution in [3.63, 3.8) is 0 Å². The lowest BCUT2D eigenvalue weighted by atomic mass is 10.2. The summed E-state index contributed by atoms with van der Waals surface area (Å²) in [4.78, 5) is 43.3. The fourth-order valence-electron chi connectivity index (χ4n) is 1.98. The van der Waals surface area contributed by atoms with Gasteiger partial charge in [0, 0.05) is 23.3 Å². The van der Waals surface area contributed by atoms with Gasteiger partial charge >= 0.3 is 23.9 Å². The molecule has 0 aliphatic rings. The summed E-state index contributed by atoms with van der Waals surface area (Å²) in [5, 5.41) is 0. The summed E-state index contributed by atoms with van der Waals surface area (Å²) in [6.45, 7) is 18.4. The van der Waals surface area contributed by atoms with Crippen LogP contribution in [0.15, 0.2) is 49.6 Å². The van der Waals surface area contributed by atoms with Gasteiger partial charge in [-0.05, 0) is 58.8 Å². The van der Waals surface area contributed by atoms with E-state index in [4.69, 9.17) is 18.9 Å². The van der Waals surface area contributed by atoms with E-state index < -0.39 is 11.9 Å². The summed E-state index contributed by atoms with van der Waals surface area (Å²) in [6.07, 6.45) is 8.12. The quantitative estimate of drug-likeness (QED) is 0.134. The highest BCUT2D eigenvalue weighted by atomic mass is 16.5. The molecule has 0 heterocycles. The van der Waals surface area contributed by atoms with Gasteiger partial charge in [0.2, 0.25) is 0 Å². The van der Waals surface area contributed by atoms with Gasteiger partial charge in [-0.1, -0.05) is 26.3 Å². The van der Waals surface area contributed by atoms with Crippen LogP contribution in [-0.2, 0) is 38.1 Å². The summed E-state index contributed by atoms with van der Waals surface area (Å²) >= 11 is 0. The standard InChI is InChI=1S/C14H22O4.C11H16O4/c1-11(2)13(15)17-9-7-5-6-8-10-18-14(16)12(3)4;1-3-10(12)14-8-6-5-7-9-15-11(13)4-2/h1,3,5-10H2,2,4H3;3-4H,1-2,5-9H2. The van der Waals surface area contributed by atoms with E-state index in [2.05, 4.69) is 26.3 Å². The molecular weight excluding hydrogens is 428 g/mol. The SMILES string of the molecule is C=C(C)C(=O)OCCCCCCOC(=O)C(=C)C.C=CC(=O)OCCCCCOC(=O)C=C. The Morgan fingerprint density at radius 2 is 0.818 bits per heavy atom. The second-order valence-electron chi connectivity index (χ2n) is 7.05. The maximum Gasteiger partial charge on any atom is 0.333 e. The van der Waals surface area contributed by atoms with Crippen LogP contribution < -0.4 is 0 Å². The Balaban J connectivity index is 0. The Morgan fingerprint density at radius 3 is 1.09 bits per heavy atom. The van der Waals surface area contributed by atoms with Gasteiger partial charge in [-0.25, -0.2) is 19.2 Å². The number of ether oxygens (including phenoxy) is 4. The molecule has 0 atom stereocenters. The smallest absolute Gasteiger partial charge is 0.333 e. The fraction of sp³-hybridized carbons (Fsp3) is 0.520. The molecule has 0 amide bonds. The summed E-state index contributed by atoms with van der Waals surface area (Å²) in [5.41, 5.74) is 0.836. The fourth-order valence-corrected chi connectivity index (χ4v) is 1.98. The van der Waals surface area contributed by atoms with Crippen LogP contribution in [0.2, 0.25) is 0 Å². The molecule has 186 valence electrons. The first-order valence-electron chi connectivity index (χ1n) is 10.9. The highest BCUT2D eigenvalue weighted by molar-refractivity contribution is 5.87. The van der Waals surface area contributed by atoms with Gasteiger partial charge in [0.05, 0.1) is 26.4 Å². The molecule has 0 aromatic carbocycles. The molecule has 0 unspecified atom stereocenters. The molecule has 0 aromatic heterocycles. The zero-order valence-corrected chi connectivity index (χ0v) is 20.0. The monoisotopic (exact) mass is 466 g/mol. The average Bonchev–Trinajstić information content (AvgIpc) is 2.79. The molecule has 0 aromatic rings. The van der Waals surface area contributed by atoms with Gasteiger partial charge in [-0.3, -0.25) is 0 Å². The third-order valence-corrected chi connectivity index (χ3v) is 3.81. The lowest BCUT2D eigenvalue weighted by Gasteiger charge is -2.05. The minimum Gasteiger partial charge on any atom is -0.463 e. The molecule has 0 radical (unpaired) electrons. The van der Waals surface area contributed by atoms with Crippen molar-refractivity contribution in [2.45, 2.75) is 58.8 Å².